The van der Waals surface area contributed by atoms with Crippen LogP contribution in [0.15, 0.2) is 18.2 Å². The highest BCUT2D eigenvalue weighted by atomic mass is 16.5. The van der Waals surface area contributed by atoms with E-state index in [1.165, 1.54) is 0 Å². The number of anilines is 1. The lowest BCUT2D eigenvalue weighted by atomic mass is 10.2. The molecule has 0 aliphatic rings. The minimum atomic E-state index is 0.488. The Morgan fingerprint density at radius 2 is 2.17 bits per heavy atom. The Hall–Kier alpha value is -1.75. The maximum atomic E-state index is 5.69. The lowest BCUT2D eigenvalue weighted by molar-refractivity contribution is 0.0795. The molecule has 0 bridgehead atoms. The molecule has 1 aromatic carbocycles. The zero-order valence-electron chi connectivity index (χ0n) is 10.8. The monoisotopic (exact) mass is 249 g/mol. The molecule has 2 rings (SSSR count). The fraction of sp³-hybridized carbons (Fsp3) is 0.462. The van der Waals surface area contributed by atoms with E-state index in [4.69, 9.17) is 15.2 Å². The second kappa shape index (κ2) is 5.73. The third kappa shape index (κ3) is 3.37. The normalized spacial score (nSPS) is 11.3. The molecule has 5 nitrogen and oxygen atoms in total. The van der Waals surface area contributed by atoms with E-state index >= 15 is 0 Å². The summed E-state index contributed by atoms with van der Waals surface area (Å²) in [5.41, 5.74) is 8.13. The number of rotatable bonds is 6. The van der Waals surface area contributed by atoms with Gasteiger partial charge in [0, 0.05) is 12.3 Å². The number of benzene rings is 1. The van der Waals surface area contributed by atoms with Gasteiger partial charge in [0.2, 0.25) is 0 Å². The standard InChI is InChI=1S/C13H19N3O2/c1-9(2)8-17-5-6-18-13-15-11-4-3-10(14)7-12(11)16-13/h3-4,7,9H,5-6,8,14H2,1-2H3,(H,15,16). The van der Waals surface area contributed by atoms with Crippen molar-refractivity contribution in [3.63, 3.8) is 0 Å². The Labute approximate surface area is 106 Å². The Bertz CT molecular complexity index is 508. The van der Waals surface area contributed by atoms with Gasteiger partial charge in [-0.15, -0.1) is 0 Å². The summed E-state index contributed by atoms with van der Waals surface area (Å²) in [6, 6.07) is 6.02. The van der Waals surface area contributed by atoms with Crippen molar-refractivity contribution in [2.75, 3.05) is 25.6 Å². The van der Waals surface area contributed by atoms with Crippen LogP contribution in [0.1, 0.15) is 13.8 Å². The number of ether oxygens (including phenoxy) is 2. The summed E-state index contributed by atoms with van der Waals surface area (Å²) in [7, 11) is 0. The van der Waals surface area contributed by atoms with Gasteiger partial charge in [0.25, 0.3) is 6.01 Å². The van der Waals surface area contributed by atoms with E-state index in [-0.39, 0.29) is 0 Å². The average Bonchev–Trinajstić information content (AvgIpc) is 2.70. The van der Waals surface area contributed by atoms with Gasteiger partial charge < -0.3 is 20.2 Å². The van der Waals surface area contributed by atoms with Crippen molar-refractivity contribution in [2.24, 2.45) is 5.92 Å². The number of nitrogen functional groups attached to an aromatic ring is 1. The summed E-state index contributed by atoms with van der Waals surface area (Å²) in [6.07, 6.45) is 0. The van der Waals surface area contributed by atoms with Crippen LogP contribution in [-0.2, 0) is 4.74 Å². The number of aromatic nitrogens is 2. The first-order valence-electron chi connectivity index (χ1n) is 6.11. The summed E-state index contributed by atoms with van der Waals surface area (Å²) in [6.45, 7) is 6.04. The molecule has 0 unspecified atom stereocenters. The van der Waals surface area contributed by atoms with E-state index in [1.807, 2.05) is 18.2 Å². The number of aromatic amines is 1. The fourth-order valence-corrected chi connectivity index (χ4v) is 1.59. The van der Waals surface area contributed by atoms with Crippen molar-refractivity contribution in [1.29, 1.82) is 0 Å². The molecular formula is C13H19N3O2. The van der Waals surface area contributed by atoms with Gasteiger partial charge in [-0.05, 0) is 24.1 Å². The van der Waals surface area contributed by atoms with Gasteiger partial charge in [-0.1, -0.05) is 13.8 Å². The van der Waals surface area contributed by atoms with E-state index in [9.17, 15) is 0 Å². The summed E-state index contributed by atoms with van der Waals surface area (Å²) < 4.78 is 10.9. The first kappa shape index (κ1) is 12.7. The third-order valence-corrected chi connectivity index (χ3v) is 2.40. The molecule has 18 heavy (non-hydrogen) atoms. The van der Waals surface area contributed by atoms with Crippen LogP contribution in [0.3, 0.4) is 0 Å². The van der Waals surface area contributed by atoms with E-state index < -0.39 is 0 Å². The minimum absolute atomic E-state index is 0.488. The summed E-state index contributed by atoms with van der Waals surface area (Å²) >= 11 is 0. The van der Waals surface area contributed by atoms with Gasteiger partial charge in [-0.25, -0.2) is 0 Å². The quantitative estimate of drug-likeness (QED) is 0.608. The van der Waals surface area contributed by atoms with E-state index in [1.54, 1.807) is 0 Å². The molecule has 0 atom stereocenters. The van der Waals surface area contributed by atoms with Crippen LogP contribution < -0.4 is 10.5 Å². The van der Waals surface area contributed by atoms with Gasteiger partial charge in [-0.3, -0.25) is 0 Å². The van der Waals surface area contributed by atoms with Crippen molar-refractivity contribution >= 4 is 16.7 Å². The third-order valence-electron chi connectivity index (χ3n) is 2.40. The molecule has 0 aliphatic heterocycles. The molecule has 0 saturated heterocycles. The number of nitrogens with one attached hydrogen (secondary N) is 1. The van der Waals surface area contributed by atoms with E-state index in [2.05, 4.69) is 23.8 Å². The number of imidazole rings is 1. The molecule has 0 spiro atoms. The maximum Gasteiger partial charge on any atom is 0.294 e. The second-order valence-electron chi connectivity index (χ2n) is 4.64. The predicted molar refractivity (Wildman–Crippen MR) is 71.7 cm³/mol. The number of hydrogen-bond acceptors (Lipinski definition) is 4. The van der Waals surface area contributed by atoms with E-state index in [0.717, 1.165) is 17.6 Å². The highest BCUT2D eigenvalue weighted by Gasteiger charge is 2.03. The molecule has 0 amide bonds. The van der Waals surface area contributed by atoms with Crippen molar-refractivity contribution in [1.82, 2.24) is 9.97 Å². The number of hydrogen-bond donors (Lipinski definition) is 2. The first-order valence-corrected chi connectivity index (χ1v) is 6.11. The Morgan fingerprint density at radius 3 is 2.94 bits per heavy atom. The number of fused-ring (bicyclic) bond motifs is 1. The zero-order chi connectivity index (χ0) is 13.0. The lowest BCUT2D eigenvalue weighted by Gasteiger charge is -2.06. The summed E-state index contributed by atoms with van der Waals surface area (Å²) in [5, 5.41) is 0. The van der Waals surface area contributed by atoms with Gasteiger partial charge in [0.05, 0.1) is 17.6 Å². The first-order chi connectivity index (χ1) is 8.65. The molecule has 1 heterocycles. The summed E-state index contributed by atoms with van der Waals surface area (Å²) in [4.78, 5) is 7.36. The Morgan fingerprint density at radius 1 is 1.33 bits per heavy atom. The van der Waals surface area contributed by atoms with Crippen LogP contribution in [0.2, 0.25) is 0 Å². The molecular weight excluding hydrogens is 230 g/mol. The highest BCUT2D eigenvalue weighted by molar-refractivity contribution is 5.79. The van der Waals surface area contributed by atoms with Crippen LogP contribution in [0.4, 0.5) is 5.69 Å². The molecule has 3 N–H and O–H groups in total. The smallest absolute Gasteiger partial charge is 0.294 e. The van der Waals surface area contributed by atoms with Gasteiger partial charge in [0.15, 0.2) is 0 Å². The second-order valence-corrected chi connectivity index (χ2v) is 4.64. The average molecular weight is 249 g/mol. The molecule has 0 radical (unpaired) electrons. The SMILES string of the molecule is CC(C)COCCOc1nc2ccc(N)cc2[nH]1. The summed E-state index contributed by atoms with van der Waals surface area (Å²) in [5.74, 6) is 0.541. The molecule has 98 valence electrons. The molecule has 5 heteroatoms. The predicted octanol–water partition coefficient (Wildman–Crippen LogP) is 2.20. The molecule has 0 aliphatic carbocycles. The zero-order valence-corrected chi connectivity index (χ0v) is 10.8. The van der Waals surface area contributed by atoms with Crippen molar-refractivity contribution < 1.29 is 9.47 Å². The minimum Gasteiger partial charge on any atom is -0.462 e. The van der Waals surface area contributed by atoms with Crippen LogP contribution in [-0.4, -0.2) is 29.8 Å². The highest BCUT2D eigenvalue weighted by Crippen LogP contribution is 2.18. The van der Waals surface area contributed by atoms with Gasteiger partial charge in [-0.2, -0.15) is 4.98 Å². The number of H-pyrrole nitrogens is 1. The van der Waals surface area contributed by atoms with Crippen molar-refractivity contribution in [3.8, 4) is 6.01 Å². The van der Waals surface area contributed by atoms with Gasteiger partial charge >= 0.3 is 0 Å². The lowest BCUT2D eigenvalue weighted by Crippen LogP contribution is -2.10. The topological polar surface area (TPSA) is 73.2 Å². The fourth-order valence-electron chi connectivity index (χ4n) is 1.59. The van der Waals surface area contributed by atoms with Crippen LogP contribution in [0, 0.1) is 5.92 Å². The molecule has 0 fully saturated rings. The van der Waals surface area contributed by atoms with Gasteiger partial charge in [0.1, 0.15) is 6.61 Å². The van der Waals surface area contributed by atoms with Crippen LogP contribution in [0.5, 0.6) is 6.01 Å². The number of nitrogens with zero attached hydrogens (tertiary/aromatic N) is 1. The van der Waals surface area contributed by atoms with E-state index in [0.29, 0.717) is 30.8 Å². The Kier molecular flexibility index (Phi) is 4.04. The molecule has 0 saturated carbocycles. The van der Waals surface area contributed by atoms with Crippen LogP contribution in [0.25, 0.3) is 11.0 Å². The van der Waals surface area contributed by atoms with Crippen molar-refractivity contribution in [3.05, 3.63) is 18.2 Å². The van der Waals surface area contributed by atoms with Crippen LogP contribution >= 0.6 is 0 Å². The Balaban J connectivity index is 1.84. The largest absolute Gasteiger partial charge is 0.462 e. The molecule has 1 aromatic heterocycles. The maximum absolute atomic E-state index is 5.69. The molecule has 2 aromatic rings. The van der Waals surface area contributed by atoms with Crippen molar-refractivity contribution in [2.45, 2.75) is 13.8 Å². The number of nitrogens with two attached hydrogens (primary N) is 1.